The summed E-state index contributed by atoms with van der Waals surface area (Å²) in [6.45, 7) is 1.96. The van der Waals surface area contributed by atoms with Gasteiger partial charge in [0, 0.05) is 17.3 Å². The third-order valence-corrected chi connectivity index (χ3v) is 5.86. The van der Waals surface area contributed by atoms with Gasteiger partial charge in [0.15, 0.2) is 0 Å². The van der Waals surface area contributed by atoms with Crippen LogP contribution in [0, 0.1) is 0 Å². The Bertz CT molecular complexity index is 1110. The number of amides is 1. The number of hydrogen-bond acceptors (Lipinski definition) is 3. The largest absolute Gasteiger partial charge is 0.490 e. The van der Waals surface area contributed by atoms with Crippen molar-refractivity contribution in [2.24, 2.45) is 0 Å². The van der Waals surface area contributed by atoms with E-state index in [1.807, 2.05) is 12.1 Å². The molecule has 1 aliphatic heterocycles. The van der Waals surface area contributed by atoms with Gasteiger partial charge >= 0.3 is 6.18 Å². The molecule has 34 heavy (non-hydrogen) atoms. The summed E-state index contributed by atoms with van der Waals surface area (Å²) in [6.07, 6.45) is -0.118. The lowest BCUT2D eigenvalue weighted by molar-refractivity contribution is -0.137. The molecule has 4 rings (SSSR count). The Labute approximate surface area is 197 Å². The zero-order valence-electron chi connectivity index (χ0n) is 18.7. The maximum atomic E-state index is 13.1. The molecule has 0 bridgehead atoms. The lowest BCUT2D eigenvalue weighted by Gasteiger charge is -2.22. The van der Waals surface area contributed by atoms with Gasteiger partial charge in [-0.3, -0.25) is 4.79 Å². The van der Waals surface area contributed by atoms with Crippen molar-refractivity contribution in [3.05, 3.63) is 83.9 Å². The first kappa shape index (κ1) is 23.8. The van der Waals surface area contributed by atoms with Crippen LogP contribution in [0.2, 0.25) is 0 Å². The molecule has 0 radical (unpaired) electrons. The summed E-state index contributed by atoms with van der Waals surface area (Å²) in [6, 6.07) is 18.9. The quantitative estimate of drug-likeness (QED) is 0.447. The average Bonchev–Trinajstić information content (AvgIpc) is 2.80. The molecule has 7 heteroatoms. The number of hydrogen-bond donors (Lipinski definition) is 2. The summed E-state index contributed by atoms with van der Waals surface area (Å²) in [4.78, 5) is 13.1. The van der Waals surface area contributed by atoms with E-state index in [4.69, 9.17) is 4.74 Å². The van der Waals surface area contributed by atoms with Gasteiger partial charge in [-0.1, -0.05) is 36.4 Å². The molecule has 1 fully saturated rings. The first-order valence-corrected chi connectivity index (χ1v) is 11.5. The van der Waals surface area contributed by atoms with E-state index < -0.39 is 11.7 Å². The molecule has 3 aromatic rings. The third-order valence-electron chi connectivity index (χ3n) is 5.86. The van der Waals surface area contributed by atoms with Crippen LogP contribution in [0.4, 0.5) is 18.9 Å². The minimum absolute atomic E-state index is 0.124. The van der Waals surface area contributed by atoms with Crippen LogP contribution in [0.15, 0.2) is 72.8 Å². The van der Waals surface area contributed by atoms with Gasteiger partial charge in [-0.25, -0.2) is 0 Å². The molecule has 0 spiro atoms. The van der Waals surface area contributed by atoms with E-state index in [-0.39, 0.29) is 12.0 Å². The van der Waals surface area contributed by atoms with Crippen molar-refractivity contribution in [2.75, 3.05) is 18.4 Å². The number of rotatable bonds is 5. The maximum Gasteiger partial charge on any atom is 0.416 e. The second kappa shape index (κ2) is 10.7. The summed E-state index contributed by atoms with van der Waals surface area (Å²) in [5.74, 6) is 0.349. The second-order valence-electron chi connectivity index (χ2n) is 8.38. The highest BCUT2D eigenvalue weighted by Gasteiger charge is 2.30. The van der Waals surface area contributed by atoms with Crippen LogP contribution in [-0.4, -0.2) is 25.1 Å². The van der Waals surface area contributed by atoms with Crippen LogP contribution in [-0.2, 0) is 6.18 Å². The van der Waals surface area contributed by atoms with Crippen molar-refractivity contribution in [1.29, 1.82) is 0 Å². The number of carbonyl (C=O) groups is 1. The second-order valence-corrected chi connectivity index (χ2v) is 8.38. The Balaban J connectivity index is 1.49. The molecule has 3 aromatic carbocycles. The minimum atomic E-state index is -4.41. The summed E-state index contributed by atoms with van der Waals surface area (Å²) < 4.78 is 44.9. The van der Waals surface area contributed by atoms with Gasteiger partial charge in [0.05, 0.1) is 11.7 Å². The SMILES string of the molecule is O=C(Nc1cccc(OC2CCCCNCC2)c1)c1ccccc1-c1ccc(C(F)(F)F)cc1. The first-order valence-electron chi connectivity index (χ1n) is 11.5. The van der Waals surface area contributed by atoms with E-state index in [0.29, 0.717) is 28.1 Å². The molecule has 0 aliphatic carbocycles. The Morgan fingerprint density at radius 1 is 0.912 bits per heavy atom. The molecule has 1 atom stereocenters. The van der Waals surface area contributed by atoms with Crippen LogP contribution in [0.1, 0.15) is 41.6 Å². The topological polar surface area (TPSA) is 50.4 Å². The van der Waals surface area contributed by atoms with Gasteiger partial charge in [-0.05, 0) is 80.2 Å². The van der Waals surface area contributed by atoms with Crippen molar-refractivity contribution >= 4 is 11.6 Å². The lowest BCUT2D eigenvalue weighted by Crippen LogP contribution is -2.28. The molecule has 178 valence electrons. The van der Waals surface area contributed by atoms with E-state index in [1.165, 1.54) is 12.1 Å². The van der Waals surface area contributed by atoms with Crippen LogP contribution in [0.3, 0.4) is 0 Å². The van der Waals surface area contributed by atoms with Gasteiger partial charge in [0.1, 0.15) is 5.75 Å². The highest BCUT2D eigenvalue weighted by molar-refractivity contribution is 6.08. The van der Waals surface area contributed by atoms with E-state index in [9.17, 15) is 18.0 Å². The third kappa shape index (κ3) is 6.17. The maximum absolute atomic E-state index is 13.1. The Morgan fingerprint density at radius 3 is 2.50 bits per heavy atom. The van der Waals surface area contributed by atoms with Gasteiger partial charge < -0.3 is 15.4 Å². The van der Waals surface area contributed by atoms with Crippen molar-refractivity contribution in [3.8, 4) is 16.9 Å². The van der Waals surface area contributed by atoms with Gasteiger partial charge in [0.25, 0.3) is 5.91 Å². The van der Waals surface area contributed by atoms with Crippen LogP contribution >= 0.6 is 0 Å². The molecular weight excluding hydrogens is 441 g/mol. The van der Waals surface area contributed by atoms with Gasteiger partial charge in [0.2, 0.25) is 0 Å². The Hall–Kier alpha value is -3.32. The number of carbonyl (C=O) groups excluding carboxylic acids is 1. The highest BCUT2D eigenvalue weighted by atomic mass is 19.4. The summed E-state index contributed by atoms with van der Waals surface area (Å²) in [5.41, 5.74) is 1.33. The fourth-order valence-electron chi connectivity index (χ4n) is 4.08. The van der Waals surface area contributed by atoms with Crippen molar-refractivity contribution in [2.45, 2.75) is 38.0 Å². The van der Waals surface area contributed by atoms with E-state index >= 15 is 0 Å². The molecule has 1 saturated heterocycles. The molecule has 2 N–H and O–H groups in total. The van der Waals surface area contributed by atoms with E-state index in [1.54, 1.807) is 36.4 Å². The monoisotopic (exact) mass is 468 g/mol. The number of nitrogens with one attached hydrogen (secondary N) is 2. The molecule has 1 unspecified atom stereocenters. The Morgan fingerprint density at radius 2 is 1.71 bits per heavy atom. The zero-order chi connectivity index (χ0) is 24.0. The molecule has 1 amide bonds. The van der Waals surface area contributed by atoms with Gasteiger partial charge in [-0.15, -0.1) is 0 Å². The molecular formula is C27H27F3N2O2. The fourth-order valence-corrected chi connectivity index (χ4v) is 4.08. The predicted octanol–water partition coefficient (Wildman–Crippen LogP) is 6.54. The van der Waals surface area contributed by atoms with Crippen LogP contribution in [0.25, 0.3) is 11.1 Å². The number of benzene rings is 3. The van der Waals surface area contributed by atoms with Crippen LogP contribution < -0.4 is 15.4 Å². The lowest BCUT2D eigenvalue weighted by atomic mass is 9.98. The Kier molecular flexibility index (Phi) is 7.53. The van der Waals surface area contributed by atoms with E-state index in [0.717, 1.165) is 50.9 Å². The molecule has 4 nitrogen and oxygen atoms in total. The molecule has 1 aliphatic rings. The van der Waals surface area contributed by atoms with Crippen molar-refractivity contribution in [3.63, 3.8) is 0 Å². The first-order chi connectivity index (χ1) is 16.4. The fraction of sp³-hybridized carbons (Fsp3) is 0.296. The summed E-state index contributed by atoms with van der Waals surface area (Å²) >= 11 is 0. The molecule has 1 heterocycles. The van der Waals surface area contributed by atoms with Gasteiger partial charge in [-0.2, -0.15) is 13.2 Å². The van der Waals surface area contributed by atoms with Crippen molar-refractivity contribution < 1.29 is 22.7 Å². The number of ether oxygens (including phenoxy) is 1. The number of halogens is 3. The standard InChI is InChI=1S/C27H27F3N2O2/c28-27(29,30)20-13-11-19(12-14-20)24-9-1-2-10-25(24)26(33)32-21-6-5-8-23(18-21)34-22-7-3-4-16-31-17-15-22/h1-2,5-6,8-14,18,22,31H,3-4,7,15-17H2,(H,32,33). The number of alkyl halides is 3. The predicted molar refractivity (Wildman–Crippen MR) is 127 cm³/mol. The molecule has 0 saturated carbocycles. The number of anilines is 1. The summed E-state index contributed by atoms with van der Waals surface area (Å²) in [7, 11) is 0. The van der Waals surface area contributed by atoms with Crippen LogP contribution in [0.5, 0.6) is 5.75 Å². The zero-order valence-corrected chi connectivity index (χ0v) is 18.7. The summed E-state index contributed by atoms with van der Waals surface area (Å²) in [5, 5.41) is 6.29. The highest BCUT2D eigenvalue weighted by Crippen LogP contribution is 2.32. The molecule has 0 aromatic heterocycles. The normalized spacial score (nSPS) is 16.9. The minimum Gasteiger partial charge on any atom is -0.490 e. The van der Waals surface area contributed by atoms with Crippen molar-refractivity contribution in [1.82, 2.24) is 5.32 Å². The van der Waals surface area contributed by atoms with E-state index in [2.05, 4.69) is 10.6 Å². The average molecular weight is 469 g/mol. The smallest absolute Gasteiger partial charge is 0.416 e.